The Bertz CT molecular complexity index is 1450. The number of para-hydroxylation sites is 2. The number of ether oxygens (including phenoxy) is 2. The minimum atomic E-state index is -0.843. The van der Waals surface area contributed by atoms with Crippen LogP contribution in [0, 0.1) is 6.92 Å². The molecule has 0 saturated carbocycles. The normalized spacial score (nSPS) is 11.8. The van der Waals surface area contributed by atoms with E-state index in [9.17, 15) is 14.4 Å². The number of hydrogen-bond acceptors (Lipinski definition) is 7. The third-order valence-corrected chi connectivity index (χ3v) is 6.95. The number of nitrogens with zero attached hydrogens (tertiary/aromatic N) is 2. The predicted octanol–water partition coefficient (Wildman–Crippen LogP) is 4.76. The van der Waals surface area contributed by atoms with Crippen LogP contribution >= 0.6 is 11.3 Å². The largest absolute Gasteiger partial charge is 0.492 e. The number of fused-ring (bicyclic) bond motifs is 1. The highest BCUT2D eigenvalue weighted by atomic mass is 32.1. The van der Waals surface area contributed by atoms with Crippen molar-refractivity contribution in [2.75, 3.05) is 18.5 Å². The number of carbonyl (C=O) groups excluding carboxylic acids is 2. The fraction of sp³-hybridized carbons (Fsp3) is 0.259. The van der Waals surface area contributed by atoms with Crippen molar-refractivity contribution in [2.24, 2.45) is 0 Å². The molecule has 0 saturated heterocycles. The number of anilines is 1. The van der Waals surface area contributed by atoms with Crippen molar-refractivity contribution >= 4 is 39.1 Å². The Labute approximate surface area is 212 Å². The Hall–Kier alpha value is -3.98. The number of rotatable bonds is 9. The molecule has 0 spiro atoms. The third kappa shape index (κ3) is 5.31. The molecule has 2 heterocycles. The first kappa shape index (κ1) is 25.1. The smallest absolute Gasteiger partial charge is 0.348 e. The number of hydrogen-bond donors (Lipinski definition) is 1. The first-order valence-electron chi connectivity index (χ1n) is 11.6. The molecule has 186 valence electrons. The summed E-state index contributed by atoms with van der Waals surface area (Å²) in [4.78, 5) is 44.1. The highest BCUT2D eigenvalue weighted by Gasteiger charge is 2.24. The van der Waals surface area contributed by atoms with Gasteiger partial charge >= 0.3 is 5.97 Å². The maximum atomic E-state index is 13.3. The molecule has 0 aliphatic heterocycles. The van der Waals surface area contributed by atoms with Crippen molar-refractivity contribution < 1.29 is 19.1 Å². The van der Waals surface area contributed by atoms with E-state index in [4.69, 9.17) is 9.47 Å². The van der Waals surface area contributed by atoms with Crippen LogP contribution in [0.25, 0.3) is 10.2 Å². The molecule has 8 nitrogen and oxygen atoms in total. The zero-order chi connectivity index (χ0) is 25.7. The number of nitrogens with one attached hydrogen (secondary N) is 1. The van der Waals surface area contributed by atoms with Gasteiger partial charge in [-0.05, 0) is 44.0 Å². The minimum Gasteiger partial charge on any atom is -0.492 e. The summed E-state index contributed by atoms with van der Waals surface area (Å²) in [6.45, 7) is 5.86. The highest BCUT2D eigenvalue weighted by molar-refractivity contribution is 7.20. The second kappa shape index (κ2) is 11.2. The summed E-state index contributed by atoms with van der Waals surface area (Å²) >= 11 is 1.12. The van der Waals surface area contributed by atoms with E-state index in [2.05, 4.69) is 10.3 Å². The lowest BCUT2D eigenvalue weighted by Crippen LogP contribution is -2.32. The lowest BCUT2D eigenvalue weighted by atomic mass is 10.2. The van der Waals surface area contributed by atoms with Gasteiger partial charge in [0.1, 0.15) is 21.5 Å². The van der Waals surface area contributed by atoms with Gasteiger partial charge in [-0.1, -0.05) is 42.5 Å². The molecular formula is C27H27N3O5S. The van der Waals surface area contributed by atoms with Crippen molar-refractivity contribution in [2.45, 2.75) is 33.2 Å². The number of thiophene rings is 1. The Kier molecular flexibility index (Phi) is 7.80. The third-order valence-electron chi connectivity index (χ3n) is 5.77. The zero-order valence-electron chi connectivity index (χ0n) is 20.3. The zero-order valence-corrected chi connectivity index (χ0v) is 21.1. The Morgan fingerprint density at radius 2 is 1.83 bits per heavy atom. The molecular weight excluding hydrogens is 478 g/mol. The summed E-state index contributed by atoms with van der Waals surface area (Å²) < 4.78 is 12.3. The Morgan fingerprint density at radius 1 is 1.11 bits per heavy atom. The van der Waals surface area contributed by atoms with Gasteiger partial charge < -0.3 is 14.8 Å². The number of aromatic nitrogens is 2. The van der Waals surface area contributed by atoms with Gasteiger partial charge in [-0.25, -0.2) is 9.78 Å². The Balaban J connectivity index is 1.52. The molecule has 1 unspecified atom stereocenters. The molecule has 1 amide bonds. The van der Waals surface area contributed by atoms with Gasteiger partial charge in [0.15, 0.2) is 0 Å². The number of amides is 1. The van der Waals surface area contributed by atoms with Crippen LogP contribution < -0.4 is 15.6 Å². The number of aryl methyl sites for hydroxylation is 1. The van der Waals surface area contributed by atoms with E-state index < -0.39 is 17.6 Å². The molecule has 0 bridgehead atoms. The molecule has 0 aliphatic carbocycles. The Morgan fingerprint density at radius 3 is 2.58 bits per heavy atom. The average molecular weight is 506 g/mol. The van der Waals surface area contributed by atoms with Crippen LogP contribution in [-0.2, 0) is 16.0 Å². The predicted molar refractivity (Wildman–Crippen MR) is 140 cm³/mol. The van der Waals surface area contributed by atoms with E-state index in [1.54, 1.807) is 32.0 Å². The first-order valence-corrected chi connectivity index (χ1v) is 12.5. The van der Waals surface area contributed by atoms with Crippen LogP contribution in [0.3, 0.4) is 0 Å². The van der Waals surface area contributed by atoms with Gasteiger partial charge in [-0.2, -0.15) is 0 Å². The number of esters is 1. The summed E-state index contributed by atoms with van der Waals surface area (Å²) in [7, 11) is 0. The quantitative estimate of drug-likeness (QED) is 0.329. The molecule has 4 aromatic rings. The summed E-state index contributed by atoms with van der Waals surface area (Å²) in [5.41, 5.74) is 1.70. The van der Waals surface area contributed by atoms with Crippen molar-refractivity contribution in [3.63, 3.8) is 0 Å². The molecule has 36 heavy (non-hydrogen) atoms. The van der Waals surface area contributed by atoms with Crippen molar-refractivity contribution in [1.29, 1.82) is 0 Å². The van der Waals surface area contributed by atoms with Crippen molar-refractivity contribution in [1.82, 2.24) is 9.55 Å². The van der Waals surface area contributed by atoms with Gasteiger partial charge in [0.25, 0.3) is 5.56 Å². The van der Waals surface area contributed by atoms with E-state index in [-0.39, 0.29) is 12.5 Å². The molecule has 9 heteroatoms. The maximum Gasteiger partial charge on any atom is 0.348 e. The van der Waals surface area contributed by atoms with E-state index in [0.717, 1.165) is 16.9 Å². The lowest BCUT2D eigenvalue weighted by molar-refractivity contribution is -0.118. The summed E-state index contributed by atoms with van der Waals surface area (Å²) in [5.74, 6) is -0.333. The van der Waals surface area contributed by atoms with Gasteiger partial charge in [0.05, 0.1) is 30.6 Å². The molecule has 0 aliphatic rings. The van der Waals surface area contributed by atoms with Crippen LogP contribution in [0.4, 0.5) is 5.69 Å². The molecule has 2 aromatic carbocycles. The number of benzene rings is 2. The summed E-state index contributed by atoms with van der Waals surface area (Å²) in [5, 5.41) is 3.13. The monoisotopic (exact) mass is 505 g/mol. The fourth-order valence-corrected chi connectivity index (χ4v) is 4.83. The number of carbonyl (C=O) groups is 2. The SMILES string of the molecule is CCOc1ccccc1NC(=O)C(C)n1cnc2sc(C(=O)OCCc3ccccc3)c(C)c2c1=O. The van der Waals surface area contributed by atoms with Crippen molar-refractivity contribution in [3.05, 3.63) is 87.3 Å². The molecule has 0 radical (unpaired) electrons. The van der Waals surface area contributed by atoms with E-state index >= 15 is 0 Å². The topological polar surface area (TPSA) is 99.5 Å². The molecule has 0 fully saturated rings. The van der Waals surface area contributed by atoms with Crippen LogP contribution in [0.2, 0.25) is 0 Å². The van der Waals surface area contributed by atoms with Crippen LogP contribution in [0.1, 0.15) is 40.7 Å². The lowest BCUT2D eigenvalue weighted by Gasteiger charge is -2.16. The molecule has 1 atom stereocenters. The molecule has 2 aromatic heterocycles. The van der Waals surface area contributed by atoms with Gasteiger partial charge in [-0.3, -0.25) is 14.2 Å². The summed E-state index contributed by atoms with van der Waals surface area (Å²) in [6, 6.07) is 16.0. The van der Waals surface area contributed by atoms with Crippen LogP contribution in [0.5, 0.6) is 5.75 Å². The first-order chi connectivity index (χ1) is 17.4. The van der Waals surface area contributed by atoms with E-state index in [0.29, 0.717) is 45.1 Å². The van der Waals surface area contributed by atoms with E-state index in [1.807, 2.05) is 43.3 Å². The average Bonchev–Trinajstić information content (AvgIpc) is 3.23. The second-order valence-electron chi connectivity index (χ2n) is 8.16. The van der Waals surface area contributed by atoms with Crippen LogP contribution in [-0.4, -0.2) is 34.6 Å². The fourth-order valence-electron chi connectivity index (χ4n) is 3.79. The van der Waals surface area contributed by atoms with Crippen molar-refractivity contribution in [3.8, 4) is 5.75 Å². The highest BCUT2D eigenvalue weighted by Crippen LogP contribution is 2.28. The van der Waals surface area contributed by atoms with Gasteiger partial charge in [0, 0.05) is 6.42 Å². The van der Waals surface area contributed by atoms with Gasteiger partial charge in [-0.15, -0.1) is 11.3 Å². The minimum absolute atomic E-state index is 0.231. The standard InChI is InChI=1S/C27H27N3O5S/c1-4-34-21-13-9-8-12-20(21)29-24(31)18(3)30-16-28-25-22(26(30)32)17(2)23(36-25)27(33)35-15-14-19-10-6-5-7-11-19/h5-13,16,18H,4,14-15H2,1-3H3,(H,29,31). The van der Waals surface area contributed by atoms with Gasteiger partial charge in [0.2, 0.25) is 5.91 Å². The van der Waals surface area contributed by atoms with E-state index in [1.165, 1.54) is 10.9 Å². The molecule has 1 N–H and O–H groups in total. The maximum absolute atomic E-state index is 13.3. The summed E-state index contributed by atoms with van der Waals surface area (Å²) in [6.07, 6.45) is 1.93. The second-order valence-corrected chi connectivity index (χ2v) is 9.16. The van der Waals surface area contributed by atoms with Crippen LogP contribution in [0.15, 0.2) is 65.7 Å². The molecule has 4 rings (SSSR count).